The van der Waals surface area contributed by atoms with Gasteiger partial charge in [0.15, 0.2) is 0 Å². The Bertz CT molecular complexity index is 2320. The van der Waals surface area contributed by atoms with Crippen LogP contribution < -0.4 is 20.1 Å². The van der Waals surface area contributed by atoms with E-state index in [9.17, 15) is 14.7 Å². The molecule has 0 radical (unpaired) electrons. The van der Waals surface area contributed by atoms with Gasteiger partial charge in [-0.25, -0.2) is 0 Å². The van der Waals surface area contributed by atoms with Gasteiger partial charge in [-0.3, -0.25) is 24.2 Å². The number of pyridine rings is 1. The van der Waals surface area contributed by atoms with E-state index in [1.165, 1.54) is 0 Å². The number of ether oxygens (including phenoxy) is 2. The van der Waals surface area contributed by atoms with Crippen LogP contribution in [0.2, 0.25) is 5.02 Å². The lowest BCUT2D eigenvalue weighted by molar-refractivity contribution is -0.160. The molecule has 5 aromatic rings. The molecule has 3 saturated carbocycles. The van der Waals surface area contributed by atoms with Crippen molar-refractivity contribution in [2.75, 3.05) is 27.8 Å². The van der Waals surface area contributed by atoms with Gasteiger partial charge < -0.3 is 25.2 Å². The molecule has 11 nitrogen and oxygen atoms in total. The third-order valence-corrected chi connectivity index (χ3v) is 13.5. The van der Waals surface area contributed by atoms with Gasteiger partial charge in [0.25, 0.3) is 0 Å². The summed E-state index contributed by atoms with van der Waals surface area (Å²) in [4.78, 5) is 30.8. The number of carbonyl (C=O) groups is 2. The van der Waals surface area contributed by atoms with Gasteiger partial charge in [0.05, 0.1) is 43.6 Å². The van der Waals surface area contributed by atoms with E-state index in [-0.39, 0.29) is 17.5 Å². The minimum atomic E-state index is -0.636. The number of aliphatic carboxylic acids is 1. The molecule has 12 heteroatoms. The number of carbonyl (C=O) groups excluding carboxylic acids is 1. The van der Waals surface area contributed by atoms with Crippen LogP contribution in [-0.2, 0) is 29.2 Å². The van der Waals surface area contributed by atoms with Gasteiger partial charge in [0.2, 0.25) is 5.91 Å². The first-order valence-electron chi connectivity index (χ1n) is 19.9. The van der Waals surface area contributed by atoms with Crippen LogP contribution in [0.5, 0.6) is 11.5 Å². The third-order valence-electron chi connectivity index (χ3n) is 13.2. The number of fused-ring (bicyclic) bond motifs is 4. The number of nitrogens with one attached hydrogen (secondary N) is 2. The number of hydrogen-bond donors (Lipinski definition) is 3. The summed E-state index contributed by atoms with van der Waals surface area (Å²) in [6.45, 7) is 4.56. The van der Waals surface area contributed by atoms with E-state index in [2.05, 4.69) is 65.9 Å². The molecule has 0 unspecified atom stereocenters. The molecule has 298 valence electrons. The Labute approximate surface area is 338 Å². The first kappa shape index (κ1) is 38.9. The second-order valence-electron chi connectivity index (χ2n) is 16.3. The zero-order chi connectivity index (χ0) is 39.9. The summed E-state index contributed by atoms with van der Waals surface area (Å²) in [5, 5.41) is 22.9. The second-order valence-corrected chi connectivity index (χ2v) is 16.7. The van der Waals surface area contributed by atoms with Crippen LogP contribution in [0.25, 0.3) is 33.3 Å². The maximum Gasteiger partial charge on any atom is 0.309 e. The molecule has 3 aliphatic carbocycles. The highest BCUT2D eigenvalue weighted by Gasteiger charge is 2.54. The predicted molar refractivity (Wildman–Crippen MR) is 222 cm³/mol. The fraction of sp³-hybridized carbons (Fsp3) is 0.422. The Kier molecular flexibility index (Phi) is 10.7. The molecule has 2 aromatic heterocycles. The average molecular weight is 791 g/mol. The molecule has 1 atom stereocenters. The number of amides is 1. The Morgan fingerprint density at radius 1 is 0.965 bits per heavy atom. The van der Waals surface area contributed by atoms with Gasteiger partial charge in [0.1, 0.15) is 11.5 Å². The van der Waals surface area contributed by atoms with Crippen molar-refractivity contribution in [1.82, 2.24) is 30.3 Å². The van der Waals surface area contributed by atoms with Crippen molar-refractivity contribution in [2.24, 2.45) is 5.41 Å². The Morgan fingerprint density at radius 3 is 2.37 bits per heavy atom. The van der Waals surface area contributed by atoms with Crippen LogP contribution >= 0.6 is 11.6 Å². The molecule has 0 spiro atoms. The van der Waals surface area contributed by atoms with Crippen molar-refractivity contribution in [3.8, 4) is 33.9 Å². The number of hydrogen-bond acceptors (Lipinski definition) is 8. The average Bonchev–Trinajstić information content (AvgIpc) is 3.85. The molecule has 3 N–H and O–H groups in total. The summed E-state index contributed by atoms with van der Waals surface area (Å²) in [6.07, 6.45) is 10.1. The highest BCUT2D eigenvalue weighted by molar-refractivity contribution is 6.31. The van der Waals surface area contributed by atoms with Crippen molar-refractivity contribution >= 4 is 34.4 Å². The maximum absolute atomic E-state index is 12.0. The lowest BCUT2D eigenvalue weighted by Gasteiger charge is -2.55. The van der Waals surface area contributed by atoms with E-state index in [1.807, 2.05) is 35.3 Å². The van der Waals surface area contributed by atoms with Crippen molar-refractivity contribution in [1.29, 1.82) is 0 Å². The molecule has 1 amide bonds. The fourth-order valence-corrected chi connectivity index (χ4v) is 9.78. The minimum absolute atomic E-state index is 0.000122. The van der Waals surface area contributed by atoms with E-state index in [1.54, 1.807) is 14.2 Å². The van der Waals surface area contributed by atoms with Gasteiger partial charge in [-0.05, 0) is 99.4 Å². The largest absolute Gasteiger partial charge is 0.496 e. The van der Waals surface area contributed by atoms with E-state index in [4.69, 9.17) is 31.2 Å². The van der Waals surface area contributed by atoms with Crippen molar-refractivity contribution < 1.29 is 24.2 Å². The highest BCUT2D eigenvalue weighted by Crippen LogP contribution is 2.55. The maximum atomic E-state index is 12.0. The quantitative estimate of drug-likeness (QED) is 0.103. The molecular formula is C45H51ClN6O5. The molecule has 1 saturated heterocycles. The molecule has 9 rings (SSSR count). The number of methoxy groups -OCH3 is 2. The van der Waals surface area contributed by atoms with Crippen molar-refractivity contribution in [3.05, 3.63) is 94.3 Å². The number of carboxylic acids is 1. The topological polar surface area (TPSA) is 131 Å². The summed E-state index contributed by atoms with van der Waals surface area (Å²) in [5.74, 6) is 1.02. The first-order chi connectivity index (χ1) is 27.5. The van der Waals surface area contributed by atoms with Gasteiger partial charge in [-0.15, -0.1) is 0 Å². The van der Waals surface area contributed by atoms with Crippen LogP contribution in [0.3, 0.4) is 0 Å². The number of benzene rings is 3. The van der Waals surface area contributed by atoms with Crippen molar-refractivity contribution in [2.45, 2.75) is 89.5 Å². The standard InChI is InChI=1S/C45H51ClN6O5/c1-28-33(7-5-8-34(28)38-21-41(57-4)31(23-48-38)22-47-24-32-11-12-42(53)50-32)35-9-6-10-39-36(35)25-49-52(39)27-29-20-40(56-3)30(19-37(29)46)26-51(2)45-16-13-44(14-17-45,15-18-45)43(54)55/h5-10,19-21,23,25,32,47H,11-18,22,24,26-27H2,1-4H3,(H,50,53)(H,54,55)/t32-,44?,45?/m0/s1. The summed E-state index contributed by atoms with van der Waals surface area (Å²) < 4.78 is 13.7. The zero-order valence-corrected chi connectivity index (χ0v) is 33.9. The molecule has 4 fully saturated rings. The number of halogens is 1. The number of carboxylic acid groups (broad SMARTS) is 1. The fourth-order valence-electron chi connectivity index (χ4n) is 9.53. The minimum Gasteiger partial charge on any atom is -0.496 e. The lowest BCUT2D eigenvalue weighted by Crippen LogP contribution is -2.56. The molecule has 1 aliphatic heterocycles. The molecule has 4 aliphatic rings. The van der Waals surface area contributed by atoms with Crippen LogP contribution in [0.4, 0.5) is 0 Å². The SMILES string of the molecule is COc1cc(-c2cccc(-c3cccc4c3cnn4Cc3cc(OC)c(CN(C)C45CCC(C(=O)O)(CC4)CC5)cc3Cl)c2C)ncc1CNC[C@@H]1CCC(=O)N1. The van der Waals surface area contributed by atoms with Gasteiger partial charge >= 0.3 is 5.97 Å². The van der Waals surface area contributed by atoms with Crippen LogP contribution in [0, 0.1) is 12.3 Å². The molecule has 3 aromatic carbocycles. The van der Waals surface area contributed by atoms with E-state index >= 15 is 0 Å². The molecular weight excluding hydrogens is 740 g/mol. The lowest BCUT2D eigenvalue weighted by atomic mass is 9.57. The summed E-state index contributed by atoms with van der Waals surface area (Å²) in [6, 6.07) is 18.8. The Hall–Kier alpha value is -4.97. The van der Waals surface area contributed by atoms with Crippen LogP contribution in [-0.4, -0.2) is 76.0 Å². The summed E-state index contributed by atoms with van der Waals surface area (Å²) in [5.41, 5.74) is 8.47. The van der Waals surface area contributed by atoms with E-state index in [0.29, 0.717) is 37.6 Å². The smallest absolute Gasteiger partial charge is 0.309 e. The zero-order valence-electron chi connectivity index (χ0n) is 33.2. The summed E-state index contributed by atoms with van der Waals surface area (Å²) >= 11 is 7.02. The molecule has 3 heterocycles. The summed E-state index contributed by atoms with van der Waals surface area (Å²) in [7, 11) is 5.52. The number of nitrogens with zero attached hydrogens (tertiary/aromatic N) is 4. The Morgan fingerprint density at radius 2 is 1.67 bits per heavy atom. The van der Waals surface area contributed by atoms with Gasteiger partial charge in [0, 0.05) is 77.0 Å². The molecule has 57 heavy (non-hydrogen) atoms. The monoisotopic (exact) mass is 790 g/mol. The number of aromatic nitrogens is 3. The van der Waals surface area contributed by atoms with Gasteiger partial charge in [-0.1, -0.05) is 41.9 Å². The second kappa shape index (κ2) is 15.8. The van der Waals surface area contributed by atoms with E-state index < -0.39 is 11.4 Å². The predicted octanol–water partition coefficient (Wildman–Crippen LogP) is 7.77. The molecule has 2 bridgehead atoms. The Balaban J connectivity index is 1.00. The van der Waals surface area contributed by atoms with E-state index in [0.717, 1.165) is 112 Å². The van der Waals surface area contributed by atoms with Gasteiger partial charge in [-0.2, -0.15) is 5.10 Å². The number of rotatable bonds is 14. The highest BCUT2D eigenvalue weighted by atomic mass is 35.5. The first-order valence-corrected chi connectivity index (χ1v) is 20.3. The normalized spacial score (nSPS) is 21.6. The third kappa shape index (κ3) is 7.37. The van der Waals surface area contributed by atoms with Crippen LogP contribution in [0.1, 0.15) is 73.6 Å². The van der Waals surface area contributed by atoms with Crippen molar-refractivity contribution in [3.63, 3.8) is 0 Å². The van der Waals surface area contributed by atoms with Crippen LogP contribution in [0.15, 0.2) is 67.0 Å².